The van der Waals surface area contributed by atoms with Crippen molar-refractivity contribution in [3.63, 3.8) is 0 Å². The first-order valence-corrected chi connectivity index (χ1v) is 5.23. The van der Waals surface area contributed by atoms with E-state index in [0.29, 0.717) is 5.56 Å². The molecule has 0 bridgehead atoms. The fourth-order valence-corrected chi connectivity index (χ4v) is 1.72. The Hall–Kier alpha value is -1.13. The van der Waals surface area contributed by atoms with Crippen LogP contribution in [0.5, 0.6) is 0 Å². The van der Waals surface area contributed by atoms with Crippen LogP contribution in [-0.4, -0.2) is 17.1 Å². The van der Waals surface area contributed by atoms with E-state index in [4.69, 9.17) is 16.7 Å². The minimum absolute atomic E-state index is 0.251. The standard InChI is InChI=1S/C11H13ClFNO2/c1-6(14-7(2)11(15)16)9-4-3-8(13)5-10(9)12/h3-7,14H,1-2H3,(H,15,16). The second-order valence-electron chi connectivity index (χ2n) is 3.61. The Morgan fingerprint density at radius 3 is 2.62 bits per heavy atom. The van der Waals surface area contributed by atoms with Crippen LogP contribution in [0.15, 0.2) is 18.2 Å². The number of benzene rings is 1. The van der Waals surface area contributed by atoms with Crippen molar-refractivity contribution in [3.8, 4) is 0 Å². The summed E-state index contributed by atoms with van der Waals surface area (Å²) in [6.45, 7) is 3.31. The van der Waals surface area contributed by atoms with Gasteiger partial charge in [0.1, 0.15) is 11.9 Å². The Kier molecular flexibility index (Phi) is 4.26. The lowest BCUT2D eigenvalue weighted by atomic mass is 10.1. The molecule has 0 heterocycles. The second-order valence-corrected chi connectivity index (χ2v) is 4.02. The fourth-order valence-electron chi connectivity index (χ4n) is 1.39. The summed E-state index contributed by atoms with van der Waals surface area (Å²) in [6, 6.07) is 3.12. The predicted molar refractivity (Wildman–Crippen MR) is 60.1 cm³/mol. The molecule has 1 aromatic rings. The van der Waals surface area contributed by atoms with Gasteiger partial charge in [0.15, 0.2) is 0 Å². The number of rotatable bonds is 4. The van der Waals surface area contributed by atoms with Crippen molar-refractivity contribution < 1.29 is 14.3 Å². The number of hydrogen-bond acceptors (Lipinski definition) is 2. The highest BCUT2D eigenvalue weighted by molar-refractivity contribution is 6.31. The zero-order valence-corrected chi connectivity index (χ0v) is 9.75. The molecule has 0 aliphatic carbocycles. The van der Waals surface area contributed by atoms with Gasteiger partial charge in [-0.2, -0.15) is 0 Å². The third kappa shape index (κ3) is 3.18. The minimum atomic E-state index is -0.940. The quantitative estimate of drug-likeness (QED) is 0.857. The number of carbonyl (C=O) groups is 1. The van der Waals surface area contributed by atoms with Gasteiger partial charge in [0.05, 0.1) is 0 Å². The maximum Gasteiger partial charge on any atom is 0.320 e. The molecule has 0 saturated heterocycles. The molecule has 0 aromatic heterocycles. The average molecular weight is 246 g/mol. The number of nitrogens with one attached hydrogen (secondary N) is 1. The van der Waals surface area contributed by atoms with Gasteiger partial charge in [-0.3, -0.25) is 10.1 Å². The highest BCUT2D eigenvalue weighted by Gasteiger charge is 2.16. The fraction of sp³-hybridized carbons (Fsp3) is 0.364. The van der Waals surface area contributed by atoms with Crippen LogP contribution in [-0.2, 0) is 4.79 Å². The zero-order valence-electron chi connectivity index (χ0n) is 9.00. The van der Waals surface area contributed by atoms with E-state index in [-0.39, 0.29) is 11.1 Å². The summed E-state index contributed by atoms with van der Waals surface area (Å²) in [5.74, 6) is -1.35. The van der Waals surface area contributed by atoms with Gasteiger partial charge < -0.3 is 5.11 Å². The van der Waals surface area contributed by atoms with Crippen molar-refractivity contribution in [2.45, 2.75) is 25.9 Å². The molecule has 0 aliphatic rings. The third-order valence-corrected chi connectivity index (χ3v) is 2.63. The summed E-state index contributed by atoms with van der Waals surface area (Å²) >= 11 is 5.86. The SMILES string of the molecule is CC(NC(C)c1ccc(F)cc1Cl)C(=O)O. The van der Waals surface area contributed by atoms with E-state index >= 15 is 0 Å². The lowest BCUT2D eigenvalue weighted by molar-refractivity contribution is -0.139. The van der Waals surface area contributed by atoms with Gasteiger partial charge in [-0.1, -0.05) is 17.7 Å². The molecule has 3 nitrogen and oxygen atoms in total. The number of halogens is 2. The third-order valence-electron chi connectivity index (χ3n) is 2.30. The van der Waals surface area contributed by atoms with E-state index < -0.39 is 17.8 Å². The maximum absolute atomic E-state index is 12.8. The molecule has 2 N–H and O–H groups in total. The highest BCUT2D eigenvalue weighted by Crippen LogP contribution is 2.23. The van der Waals surface area contributed by atoms with Crippen molar-refractivity contribution in [1.82, 2.24) is 5.32 Å². The molecule has 0 aliphatic heterocycles. The van der Waals surface area contributed by atoms with Crippen molar-refractivity contribution in [1.29, 1.82) is 0 Å². The van der Waals surface area contributed by atoms with Gasteiger partial charge in [-0.05, 0) is 31.5 Å². The van der Waals surface area contributed by atoms with E-state index in [9.17, 15) is 9.18 Å². The second kappa shape index (κ2) is 5.27. The van der Waals surface area contributed by atoms with Gasteiger partial charge in [0, 0.05) is 11.1 Å². The van der Waals surface area contributed by atoms with E-state index in [2.05, 4.69) is 5.32 Å². The Morgan fingerprint density at radius 1 is 1.50 bits per heavy atom. The number of carboxylic acids is 1. The molecule has 0 amide bonds. The molecule has 16 heavy (non-hydrogen) atoms. The van der Waals surface area contributed by atoms with Crippen molar-refractivity contribution in [3.05, 3.63) is 34.6 Å². The van der Waals surface area contributed by atoms with Crippen molar-refractivity contribution in [2.75, 3.05) is 0 Å². The Morgan fingerprint density at radius 2 is 2.12 bits per heavy atom. The summed E-state index contributed by atoms with van der Waals surface area (Å²) in [7, 11) is 0. The van der Waals surface area contributed by atoms with E-state index in [1.165, 1.54) is 19.1 Å². The van der Waals surface area contributed by atoms with Crippen molar-refractivity contribution >= 4 is 17.6 Å². The smallest absolute Gasteiger partial charge is 0.320 e. The van der Waals surface area contributed by atoms with Gasteiger partial charge in [-0.15, -0.1) is 0 Å². The molecule has 2 atom stereocenters. The van der Waals surface area contributed by atoms with Crippen LogP contribution in [0, 0.1) is 5.82 Å². The van der Waals surface area contributed by atoms with E-state index in [1.807, 2.05) is 0 Å². The summed E-state index contributed by atoms with van der Waals surface area (Å²) in [5.41, 5.74) is 0.677. The summed E-state index contributed by atoms with van der Waals surface area (Å²) in [6.07, 6.45) is 0. The van der Waals surface area contributed by atoms with Crippen LogP contribution in [0.3, 0.4) is 0 Å². The largest absolute Gasteiger partial charge is 0.480 e. The van der Waals surface area contributed by atoms with E-state index in [0.717, 1.165) is 0 Å². The molecule has 1 rings (SSSR count). The Labute approximate surface area is 98.2 Å². The molecule has 2 unspecified atom stereocenters. The highest BCUT2D eigenvalue weighted by atomic mass is 35.5. The summed E-state index contributed by atoms with van der Waals surface area (Å²) < 4.78 is 12.8. The topological polar surface area (TPSA) is 49.3 Å². The number of aliphatic carboxylic acids is 1. The lowest BCUT2D eigenvalue weighted by Gasteiger charge is -2.18. The van der Waals surface area contributed by atoms with Crippen LogP contribution >= 0.6 is 11.6 Å². The van der Waals surface area contributed by atoms with E-state index in [1.54, 1.807) is 13.0 Å². The maximum atomic E-state index is 12.8. The van der Waals surface area contributed by atoms with Gasteiger partial charge in [-0.25, -0.2) is 4.39 Å². The minimum Gasteiger partial charge on any atom is -0.480 e. The number of carboxylic acid groups (broad SMARTS) is 1. The first kappa shape index (κ1) is 12.9. The van der Waals surface area contributed by atoms with Gasteiger partial charge >= 0.3 is 5.97 Å². The zero-order chi connectivity index (χ0) is 12.3. The van der Waals surface area contributed by atoms with Crippen molar-refractivity contribution in [2.24, 2.45) is 0 Å². The van der Waals surface area contributed by atoms with Crippen LogP contribution in [0.25, 0.3) is 0 Å². The molecule has 5 heteroatoms. The summed E-state index contributed by atoms with van der Waals surface area (Å²) in [5, 5.41) is 11.9. The lowest BCUT2D eigenvalue weighted by Crippen LogP contribution is -2.35. The molecular weight excluding hydrogens is 233 g/mol. The molecule has 0 saturated carbocycles. The molecule has 0 radical (unpaired) electrons. The first-order valence-electron chi connectivity index (χ1n) is 4.85. The summed E-state index contributed by atoms with van der Waals surface area (Å²) in [4.78, 5) is 10.6. The first-order chi connectivity index (χ1) is 7.41. The average Bonchev–Trinajstić information content (AvgIpc) is 2.16. The molecule has 1 aromatic carbocycles. The number of hydrogen-bond donors (Lipinski definition) is 2. The van der Waals surface area contributed by atoms with Crippen LogP contribution in [0.4, 0.5) is 4.39 Å². The molecule has 0 fully saturated rings. The Balaban J connectivity index is 2.80. The molecule has 0 spiro atoms. The normalized spacial score (nSPS) is 14.5. The van der Waals surface area contributed by atoms with Gasteiger partial charge in [0.2, 0.25) is 0 Å². The van der Waals surface area contributed by atoms with Crippen LogP contribution < -0.4 is 5.32 Å². The predicted octanol–water partition coefficient (Wildman–Crippen LogP) is 2.60. The van der Waals surface area contributed by atoms with Crippen LogP contribution in [0.2, 0.25) is 5.02 Å². The van der Waals surface area contributed by atoms with Crippen LogP contribution in [0.1, 0.15) is 25.5 Å². The molecule has 88 valence electrons. The molecular formula is C11H13ClFNO2. The monoisotopic (exact) mass is 245 g/mol. The Bertz CT molecular complexity index is 398. The van der Waals surface area contributed by atoms with Gasteiger partial charge in [0.25, 0.3) is 0 Å².